The Hall–Kier alpha value is -3.67. The molecule has 0 radical (unpaired) electrons. The summed E-state index contributed by atoms with van der Waals surface area (Å²) < 4.78 is 18.7. The van der Waals surface area contributed by atoms with E-state index in [-0.39, 0.29) is 6.54 Å². The van der Waals surface area contributed by atoms with Gasteiger partial charge < -0.3 is 23.9 Å². The molecular weight excluding hydrogens is 406 g/mol. The SMILES string of the molecule is COc1cccc(OCCCCCOc2ccc3c4ccccc4n(CC(=O)O)c3c2)c1. The zero-order valence-electron chi connectivity index (χ0n) is 18.1. The Kier molecular flexibility index (Phi) is 6.80. The monoisotopic (exact) mass is 433 g/mol. The lowest BCUT2D eigenvalue weighted by atomic mass is 10.1. The van der Waals surface area contributed by atoms with Crippen LogP contribution in [0.2, 0.25) is 0 Å². The quantitative estimate of drug-likeness (QED) is 0.316. The van der Waals surface area contributed by atoms with Crippen molar-refractivity contribution in [3.05, 3.63) is 66.7 Å². The highest BCUT2D eigenvalue weighted by Crippen LogP contribution is 2.31. The number of benzene rings is 3. The minimum absolute atomic E-state index is 0.0826. The number of hydrogen-bond acceptors (Lipinski definition) is 4. The third-order valence-corrected chi connectivity index (χ3v) is 5.41. The van der Waals surface area contributed by atoms with Crippen LogP contribution in [0.4, 0.5) is 0 Å². The van der Waals surface area contributed by atoms with Gasteiger partial charge in [0.2, 0.25) is 0 Å². The topological polar surface area (TPSA) is 69.9 Å². The van der Waals surface area contributed by atoms with E-state index in [1.54, 1.807) is 7.11 Å². The fourth-order valence-corrected chi connectivity index (χ4v) is 3.88. The van der Waals surface area contributed by atoms with Crippen molar-refractivity contribution in [2.24, 2.45) is 0 Å². The molecule has 1 aromatic heterocycles. The van der Waals surface area contributed by atoms with Crippen molar-refractivity contribution in [2.75, 3.05) is 20.3 Å². The summed E-state index contributed by atoms with van der Waals surface area (Å²) in [5, 5.41) is 11.4. The summed E-state index contributed by atoms with van der Waals surface area (Å²) in [6.45, 7) is 1.17. The van der Waals surface area contributed by atoms with Gasteiger partial charge in [-0.15, -0.1) is 0 Å². The smallest absolute Gasteiger partial charge is 0.323 e. The lowest BCUT2D eigenvalue weighted by Gasteiger charge is -2.09. The van der Waals surface area contributed by atoms with Crippen molar-refractivity contribution in [1.29, 1.82) is 0 Å². The van der Waals surface area contributed by atoms with Crippen molar-refractivity contribution in [1.82, 2.24) is 4.57 Å². The van der Waals surface area contributed by atoms with Gasteiger partial charge in [-0.3, -0.25) is 4.79 Å². The Bertz CT molecular complexity index is 1210. The van der Waals surface area contributed by atoms with E-state index in [2.05, 4.69) is 0 Å². The summed E-state index contributed by atoms with van der Waals surface area (Å²) in [4.78, 5) is 11.4. The first-order valence-corrected chi connectivity index (χ1v) is 10.8. The maximum Gasteiger partial charge on any atom is 0.323 e. The van der Waals surface area contributed by atoms with E-state index >= 15 is 0 Å². The number of unbranched alkanes of at least 4 members (excludes halogenated alkanes) is 2. The van der Waals surface area contributed by atoms with Crippen LogP contribution in [0.3, 0.4) is 0 Å². The molecule has 0 fully saturated rings. The Morgan fingerprint density at radius 3 is 2.22 bits per heavy atom. The number of aliphatic carboxylic acids is 1. The van der Waals surface area contributed by atoms with Gasteiger partial charge in [-0.1, -0.05) is 24.3 Å². The number of fused-ring (bicyclic) bond motifs is 3. The molecule has 0 bridgehead atoms. The number of methoxy groups -OCH3 is 1. The Labute approximate surface area is 186 Å². The lowest BCUT2D eigenvalue weighted by Crippen LogP contribution is -2.08. The number of nitrogens with zero attached hydrogens (tertiary/aromatic N) is 1. The number of ether oxygens (including phenoxy) is 3. The van der Waals surface area contributed by atoms with Gasteiger partial charge in [0.1, 0.15) is 23.8 Å². The van der Waals surface area contributed by atoms with Crippen LogP contribution in [0, 0.1) is 0 Å². The molecule has 3 aromatic carbocycles. The van der Waals surface area contributed by atoms with Gasteiger partial charge in [0.25, 0.3) is 0 Å². The van der Waals surface area contributed by atoms with Gasteiger partial charge in [0.15, 0.2) is 0 Å². The molecule has 0 spiro atoms. The molecule has 1 N–H and O–H groups in total. The number of carboxylic acids is 1. The number of aromatic nitrogens is 1. The molecule has 6 nitrogen and oxygen atoms in total. The predicted molar refractivity (Wildman–Crippen MR) is 125 cm³/mol. The molecule has 4 rings (SSSR count). The maximum atomic E-state index is 11.4. The van der Waals surface area contributed by atoms with Gasteiger partial charge in [-0.05, 0) is 49.6 Å². The molecule has 32 heavy (non-hydrogen) atoms. The van der Waals surface area contributed by atoms with Crippen LogP contribution in [0.25, 0.3) is 21.8 Å². The zero-order valence-corrected chi connectivity index (χ0v) is 18.1. The lowest BCUT2D eigenvalue weighted by molar-refractivity contribution is -0.137. The standard InChI is InChI=1S/C26H27NO5/c1-30-19-8-7-9-20(16-19)31-14-5-2-6-15-32-21-12-13-23-22-10-3-4-11-24(22)27(18-26(28)29)25(23)17-21/h3-4,7-13,16-17H,2,5-6,14-15,18H2,1H3,(H,28,29). The second kappa shape index (κ2) is 10.1. The van der Waals surface area contributed by atoms with Gasteiger partial charge in [-0.25, -0.2) is 0 Å². The van der Waals surface area contributed by atoms with Crippen molar-refractivity contribution in [3.63, 3.8) is 0 Å². The molecule has 0 unspecified atom stereocenters. The van der Waals surface area contributed by atoms with Crippen LogP contribution in [-0.4, -0.2) is 36.0 Å². The molecular formula is C26H27NO5. The van der Waals surface area contributed by atoms with Gasteiger partial charge in [0.05, 0.1) is 25.8 Å². The van der Waals surface area contributed by atoms with E-state index < -0.39 is 5.97 Å². The number of para-hydroxylation sites is 1. The van der Waals surface area contributed by atoms with Crippen molar-refractivity contribution in [3.8, 4) is 17.2 Å². The number of rotatable bonds is 11. The van der Waals surface area contributed by atoms with Crippen LogP contribution < -0.4 is 14.2 Å². The highest BCUT2D eigenvalue weighted by atomic mass is 16.5. The van der Waals surface area contributed by atoms with E-state index in [9.17, 15) is 9.90 Å². The fourth-order valence-electron chi connectivity index (χ4n) is 3.88. The summed E-state index contributed by atoms with van der Waals surface area (Å²) in [7, 11) is 1.64. The van der Waals surface area contributed by atoms with Gasteiger partial charge in [-0.2, -0.15) is 0 Å². The molecule has 0 atom stereocenters. The van der Waals surface area contributed by atoms with E-state index in [1.165, 1.54) is 0 Å². The molecule has 166 valence electrons. The van der Waals surface area contributed by atoms with Crippen molar-refractivity contribution < 1.29 is 24.1 Å². The minimum Gasteiger partial charge on any atom is -0.497 e. The van der Waals surface area contributed by atoms with Crippen LogP contribution in [0.15, 0.2) is 66.7 Å². The Balaban J connectivity index is 1.31. The third-order valence-electron chi connectivity index (χ3n) is 5.41. The predicted octanol–water partition coefficient (Wildman–Crippen LogP) is 5.52. The highest BCUT2D eigenvalue weighted by Gasteiger charge is 2.13. The number of carbonyl (C=O) groups is 1. The molecule has 1 heterocycles. The number of hydrogen-bond donors (Lipinski definition) is 1. The second-order valence-corrected chi connectivity index (χ2v) is 7.61. The molecule has 0 aliphatic heterocycles. The van der Waals surface area contributed by atoms with E-state index in [0.29, 0.717) is 13.2 Å². The van der Waals surface area contributed by atoms with E-state index in [4.69, 9.17) is 14.2 Å². The van der Waals surface area contributed by atoms with Gasteiger partial charge in [0, 0.05) is 28.4 Å². The average Bonchev–Trinajstić information content (AvgIpc) is 3.11. The molecule has 0 aliphatic rings. The van der Waals surface area contributed by atoms with E-state index in [0.717, 1.165) is 58.3 Å². The average molecular weight is 434 g/mol. The summed E-state index contributed by atoms with van der Waals surface area (Å²) in [6, 6.07) is 21.4. The molecule has 0 saturated heterocycles. The van der Waals surface area contributed by atoms with Gasteiger partial charge >= 0.3 is 5.97 Å². The first-order chi connectivity index (χ1) is 15.7. The summed E-state index contributed by atoms with van der Waals surface area (Å²) in [5.41, 5.74) is 1.79. The third kappa shape index (κ3) is 4.97. The fraction of sp³-hybridized carbons (Fsp3) is 0.269. The van der Waals surface area contributed by atoms with Crippen LogP contribution in [-0.2, 0) is 11.3 Å². The second-order valence-electron chi connectivity index (χ2n) is 7.61. The normalized spacial score (nSPS) is 11.0. The zero-order chi connectivity index (χ0) is 22.3. The molecule has 0 amide bonds. The summed E-state index contributed by atoms with van der Waals surface area (Å²) in [6.07, 6.45) is 2.84. The van der Waals surface area contributed by atoms with Crippen LogP contribution in [0.5, 0.6) is 17.2 Å². The first-order valence-electron chi connectivity index (χ1n) is 10.8. The maximum absolute atomic E-state index is 11.4. The largest absolute Gasteiger partial charge is 0.497 e. The highest BCUT2D eigenvalue weighted by molar-refractivity contribution is 6.08. The van der Waals surface area contributed by atoms with Crippen LogP contribution in [0.1, 0.15) is 19.3 Å². The molecule has 4 aromatic rings. The van der Waals surface area contributed by atoms with Crippen molar-refractivity contribution in [2.45, 2.75) is 25.8 Å². The molecule has 0 aliphatic carbocycles. The summed E-state index contributed by atoms with van der Waals surface area (Å²) >= 11 is 0. The van der Waals surface area contributed by atoms with Crippen LogP contribution >= 0.6 is 0 Å². The first kappa shape index (κ1) is 21.6. The van der Waals surface area contributed by atoms with Crippen molar-refractivity contribution >= 4 is 27.8 Å². The van der Waals surface area contributed by atoms with E-state index in [1.807, 2.05) is 71.3 Å². The summed E-state index contributed by atoms with van der Waals surface area (Å²) in [5.74, 6) is 1.48. The Morgan fingerprint density at radius 2 is 1.47 bits per heavy atom. The minimum atomic E-state index is -0.866. The number of carboxylic acid groups (broad SMARTS) is 1. The molecule has 6 heteroatoms. The Morgan fingerprint density at radius 1 is 0.781 bits per heavy atom. The molecule has 0 saturated carbocycles.